The van der Waals surface area contributed by atoms with Gasteiger partial charge in [-0.2, -0.15) is 0 Å². The minimum atomic E-state index is -0.138. The molecule has 5 rings (SSSR count). The summed E-state index contributed by atoms with van der Waals surface area (Å²) in [4.78, 5) is 24.9. The van der Waals surface area contributed by atoms with Gasteiger partial charge >= 0.3 is 0 Å². The minimum Gasteiger partial charge on any atom is -0.460 e. The van der Waals surface area contributed by atoms with E-state index in [4.69, 9.17) is 27.6 Å². The van der Waals surface area contributed by atoms with Gasteiger partial charge in [-0.1, -0.05) is 42.5 Å². The number of benzene rings is 1. The number of aryl methyl sites for hydroxylation is 1. The number of hydrogen-bond donors (Lipinski definition) is 3. The molecule has 32 heavy (non-hydrogen) atoms. The summed E-state index contributed by atoms with van der Waals surface area (Å²) in [6.07, 6.45) is 9.12. The van der Waals surface area contributed by atoms with Crippen LogP contribution < -0.4 is 10.6 Å². The van der Waals surface area contributed by atoms with Gasteiger partial charge in [0.15, 0.2) is 0 Å². The first-order chi connectivity index (χ1) is 15.5. The Hall–Kier alpha value is -2.77. The normalized spacial score (nSPS) is 14.8. The van der Waals surface area contributed by atoms with E-state index in [1.165, 1.54) is 44.5 Å². The SMILES string of the molecule is Cc1cc2c(o1)c(C(=O)NCC1CCCCC1)cc1[nH]c(Nc3c(Cl)cncc3Cl)nc12. The molecular weight excluding hydrogens is 449 g/mol. The van der Waals surface area contributed by atoms with E-state index in [1.807, 2.05) is 13.0 Å². The summed E-state index contributed by atoms with van der Waals surface area (Å²) < 4.78 is 5.90. The number of carbonyl (C=O) groups excluding carboxylic acids is 1. The molecule has 3 heterocycles. The van der Waals surface area contributed by atoms with Crippen molar-refractivity contribution in [1.82, 2.24) is 20.3 Å². The van der Waals surface area contributed by atoms with Gasteiger partial charge in [-0.15, -0.1) is 0 Å². The Kier molecular flexibility index (Phi) is 5.69. The van der Waals surface area contributed by atoms with E-state index in [0.29, 0.717) is 62.1 Å². The number of rotatable bonds is 5. The topological polar surface area (TPSA) is 95.8 Å². The van der Waals surface area contributed by atoms with Gasteiger partial charge < -0.3 is 20.0 Å². The molecule has 0 spiro atoms. The molecule has 3 N–H and O–H groups in total. The predicted octanol–water partition coefficient (Wildman–Crippen LogP) is 6.37. The van der Waals surface area contributed by atoms with E-state index in [9.17, 15) is 4.79 Å². The van der Waals surface area contributed by atoms with Gasteiger partial charge in [-0.25, -0.2) is 4.98 Å². The van der Waals surface area contributed by atoms with Crippen LogP contribution in [0.3, 0.4) is 0 Å². The standard InChI is InChI=1S/C23H23Cl2N5O2/c1-12-7-14-19-18(28-23(29-19)30-20-16(24)10-26-11-17(20)25)8-15(21(14)32-12)22(31)27-9-13-5-3-2-4-6-13/h7-8,10-11,13H,2-6,9H2,1H3,(H,27,31)(H2,26,28,29,30). The van der Waals surface area contributed by atoms with Gasteiger partial charge in [0.1, 0.15) is 16.9 Å². The van der Waals surface area contributed by atoms with Crippen LogP contribution in [0.1, 0.15) is 48.2 Å². The van der Waals surface area contributed by atoms with Gasteiger partial charge in [-0.3, -0.25) is 9.78 Å². The second kappa shape index (κ2) is 8.64. The summed E-state index contributed by atoms with van der Waals surface area (Å²) >= 11 is 12.4. The van der Waals surface area contributed by atoms with Crippen molar-refractivity contribution in [3.05, 3.63) is 45.9 Å². The van der Waals surface area contributed by atoms with Gasteiger partial charge in [0, 0.05) is 24.3 Å². The maximum absolute atomic E-state index is 13.1. The highest BCUT2D eigenvalue weighted by Gasteiger charge is 2.21. The number of amides is 1. The Morgan fingerprint density at radius 3 is 2.69 bits per heavy atom. The van der Waals surface area contributed by atoms with Crippen LogP contribution >= 0.6 is 23.2 Å². The highest BCUT2D eigenvalue weighted by atomic mass is 35.5. The highest BCUT2D eigenvalue weighted by Crippen LogP contribution is 2.34. The van der Waals surface area contributed by atoms with E-state index >= 15 is 0 Å². The molecule has 1 saturated carbocycles. The number of anilines is 2. The van der Waals surface area contributed by atoms with Crippen molar-refractivity contribution < 1.29 is 9.21 Å². The lowest BCUT2D eigenvalue weighted by atomic mass is 9.89. The molecule has 4 aromatic rings. The van der Waals surface area contributed by atoms with E-state index < -0.39 is 0 Å². The van der Waals surface area contributed by atoms with E-state index in [-0.39, 0.29) is 5.91 Å². The smallest absolute Gasteiger partial charge is 0.255 e. The average molecular weight is 472 g/mol. The van der Waals surface area contributed by atoms with Crippen LogP contribution in [0.2, 0.25) is 10.0 Å². The third-order valence-corrected chi connectivity index (χ3v) is 6.57. The first-order valence-electron chi connectivity index (χ1n) is 10.8. The molecule has 1 fully saturated rings. The number of carbonyl (C=O) groups is 1. The zero-order valence-electron chi connectivity index (χ0n) is 17.6. The predicted molar refractivity (Wildman–Crippen MR) is 127 cm³/mol. The molecule has 0 atom stereocenters. The molecule has 1 aliphatic carbocycles. The van der Waals surface area contributed by atoms with Crippen molar-refractivity contribution in [3.8, 4) is 0 Å². The second-order valence-electron chi connectivity index (χ2n) is 8.32. The second-order valence-corrected chi connectivity index (χ2v) is 9.14. The van der Waals surface area contributed by atoms with E-state index in [0.717, 1.165) is 5.39 Å². The molecule has 7 nitrogen and oxygen atoms in total. The van der Waals surface area contributed by atoms with Crippen molar-refractivity contribution in [1.29, 1.82) is 0 Å². The molecule has 1 amide bonds. The fourth-order valence-electron chi connectivity index (χ4n) is 4.40. The lowest BCUT2D eigenvalue weighted by Gasteiger charge is -2.21. The maximum Gasteiger partial charge on any atom is 0.255 e. The van der Waals surface area contributed by atoms with Crippen molar-refractivity contribution in [3.63, 3.8) is 0 Å². The summed E-state index contributed by atoms with van der Waals surface area (Å²) in [6, 6.07) is 3.68. The van der Waals surface area contributed by atoms with Crippen LogP contribution in [-0.2, 0) is 0 Å². The summed E-state index contributed by atoms with van der Waals surface area (Å²) in [6.45, 7) is 2.55. The van der Waals surface area contributed by atoms with Crippen molar-refractivity contribution >= 4 is 62.7 Å². The highest BCUT2D eigenvalue weighted by molar-refractivity contribution is 6.39. The molecule has 166 valence electrons. The third-order valence-electron chi connectivity index (χ3n) is 5.99. The summed E-state index contributed by atoms with van der Waals surface area (Å²) in [5, 5.41) is 7.76. The number of halogens is 2. The average Bonchev–Trinajstić information content (AvgIpc) is 3.37. The first kappa shape index (κ1) is 21.1. The Labute approximate surface area is 194 Å². The number of furan rings is 1. The molecule has 0 saturated heterocycles. The quantitative estimate of drug-likeness (QED) is 0.314. The summed E-state index contributed by atoms with van der Waals surface area (Å²) in [5.41, 5.74) is 2.95. The lowest BCUT2D eigenvalue weighted by Crippen LogP contribution is -2.30. The van der Waals surface area contributed by atoms with Crippen LogP contribution in [0.25, 0.3) is 22.0 Å². The van der Waals surface area contributed by atoms with Crippen molar-refractivity contribution in [2.75, 3.05) is 11.9 Å². The van der Waals surface area contributed by atoms with Crippen LogP contribution in [0.5, 0.6) is 0 Å². The molecule has 0 aliphatic heterocycles. The van der Waals surface area contributed by atoms with Crippen LogP contribution in [-0.4, -0.2) is 27.4 Å². The van der Waals surface area contributed by atoms with Gasteiger partial charge in [0.2, 0.25) is 5.95 Å². The molecule has 3 aromatic heterocycles. The number of imidazole rings is 1. The molecular formula is C23H23Cl2N5O2. The van der Waals surface area contributed by atoms with Crippen LogP contribution in [0.4, 0.5) is 11.6 Å². The van der Waals surface area contributed by atoms with Crippen molar-refractivity contribution in [2.24, 2.45) is 5.92 Å². The monoisotopic (exact) mass is 471 g/mol. The number of H-pyrrole nitrogens is 1. The first-order valence-corrected chi connectivity index (χ1v) is 11.5. The minimum absolute atomic E-state index is 0.138. The largest absolute Gasteiger partial charge is 0.460 e. The molecule has 0 radical (unpaired) electrons. The van der Waals surface area contributed by atoms with Gasteiger partial charge in [-0.05, 0) is 37.8 Å². The number of pyridine rings is 1. The summed E-state index contributed by atoms with van der Waals surface area (Å²) in [7, 11) is 0. The van der Waals surface area contributed by atoms with E-state index in [2.05, 4.69) is 25.6 Å². The Morgan fingerprint density at radius 1 is 1.19 bits per heavy atom. The zero-order valence-corrected chi connectivity index (χ0v) is 19.1. The number of aromatic amines is 1. The third kappa shape index (κ3) is 4.02. The maximum atomic E-state index is 13.1. The van der Waals surface area contributed by atoms with Crippen LogP contribution in [0, 0.1) is 12.8 Å². The van der Waals surface area contributed by atoms with Gasteiger partial charge in [0.05, 0.1) is 26.8 Å². The summed E-state index contributed by atoms with van der Waals surface area (Å²) in [5.74, 6) is 1.57. The molecule has 0 bridgehead atoms. The van der Waals surface area contributed by atoms with E-state index in [1.54, 1.807) is 6.07 Å². The fraction of sp³-hybridized carbons (Fsp3) is 0.348. The Morgan fingerprint density at radius 2 is 1.94 bits per heavy atom. The molecule has 1 aliphatic rings. The fourth-order valence-corrected chi connectivity index (χ4v) is 4.86. The number of nitrogens with one attached hydrogen (secondary N) is 3. The number of hydrogen-bond acceptors (Lipinski definition) is 5. The van der Waals surface area contributed by atoms with Crippen molar-refractivity contribution in [2.45, 2.75) is 39.0 Å². The number of fused-ring (bicyclic) bond motifs is 3. The Balaban J connectivity index is 1.49. The number of aromatic nitrogens is 3. The van der Waals surface area contributed by atoms with Crippen LogP contribution in [0.15, 0.2) is 28.9 Å². The molecule has 9 heteroatoms. The molecule has 0 unspecified atom stereocenters. The number of nitrogens with zero attached hydrogens (tertiary/aromatic N) is 2. The lowest BCUT2D eigenvalue weighted by molar-refractivity contribution is 0.0944. The molecule has 1 aromatic carbocycles. The Bertz CT molecular complexity index is 1290. The van der Waals surface area contributed by atoms with Gasteiger partial charge in [0.25, 0.3) is 5.91 Å². The zero-order chi connectivity index (χ0) is 22.2.